The summed E-state index contributed by atoms with van der Waals surface area (Å²) in [7, 11) is 0. The minimum Gasteiger partial charge on any atom is -0.456 e. The highest BCUT2D eigenvalue weighted by molar-refractivity contribution is 6.22. The van der Waals surface area contributed by atoms with Crippen LogP contribution in [0.3, 0.4) is 0 Å². The number of rotatable bonds is 3. The first-order valence-corrected chi connectivity index (χ1v) is 18.5. The van der Waals surface area contributed by atoms with E-state index in [0.29, 0.717) is 0 Å². The average Bonchev–Trinajstić information content (AvgIpc) is 3.23. The molecule has 0 unspecified atom stereocenters. The van der Waals surface area contributed by atoms with Gasteiger partial charge in [-0.25, -0.2) is 0 Å². The minimum atomic E-state index is 0.899. The molecule has 0 radical (unpaired) electrons. The van der Waals surface area contributed by atoms with Gasteiger partial charge in [0.2, 0.25) is 0 Å². The standard InChI is InChI=1S/C52H30O2/c1-2-12-31(13-3-1)50-40-18-8-16-32(34-26-28-42-36-14-4-6-22-46(36)53-48-24-10-20-38(34)51(42)48)44(40)30-45-33(17-9-19-41(45)50)35-27-29-43-37-15-5-7-23-47(37)54-49-25-11-21-39(35)52(43)49/h1-30H. The summed E-state index contributed by atoms with van der Waals surface area (Å²) in [4.78, 5) is 0. The fourth-order valence-corrected chi connectivity index (χ4v) is 9.18. The molecule has 0 N–H and O–H groups in total. The molecular formula is C52H30O2. The maximum atomic E-state index is 6.50. The number of fused-ring (bicyclic) bond motifs is 6. The smallest absolute Gasteiger partial charge is 0.135 e. The zero-order chi connectivity index (χ0) is 35.3. The molecule has 2 aliphatic rings. The Kier molecular flexibility index (Phi) is 6.09. The van der Waals surface area contributed by atoms with Gasteiger partial charge in [0.05, 0.1) is 0 Å². The first-order valence-electron chi connectivity index (χ1n) is 18.5. The molecule has 0 bridgehead atoms. The second-order valence-corrected chi connectivity index (χ2v) is 14.3. The number of ether oxygens (including phenoxy) is 2. The Morgan fingerprint density at radius 2 is 0.630 bits per heavy atom. The first kappa shape index (κ1) is 29.4. The number of para-hydroxylation sites is 2. The molecule has 10 aromatic carbocycles. The lowest BCUT2D eigenvalue weighted by Crippen LogP contribution is -1.98. The molecule has 2 aliphatic heterocycles. The van der Waals surface area contributed by atoms with Crippen molar-refractivity contribution in [1.82, 2.24) is 0 Å². The van der Waals surface area contributed by atoms with Gasteiger partial charge in [0.15, 0.2) is 0 Å². The average molecular weight is 687 g/mol. The predicted molar refractivity (Wildman–Crippen MR) is 224 cm³/mol. The predicted octanol–water partition coefficient (Wildman–Crippen LogP) is 14.8. The SMILES string of the molecule is c1ccc(-c2c3cccc(-c4ccc5c6c(cccc46)Oc4ccccc4-5)c3cc3c(-c4ccc5c6c(cccc46)Oc4ccccc4-5)cccc23)cc1. The van der Waals surface area contributed by atoms with E-state index in [4.69, 9.17) is 9.47 Å². The lowest BCUT2D eigenvalue weighted by atomic mass is 9.83. The van der Waals surface area contributed by atoms with Crippen LogP contribution in [0.4, 0.5) is 0 Å². The maximum Gasteiger partial charge on any atom is 0.135 e. The van der Waals surface area contributed by atoms with Gasteiger partial charge in [0, 0.05) is 21.9 Å². The first-order chi connectivity index (χ1) is 26.8. The number of hydrogen-bond acceptors (Lipinski definition) is 2. The van der Waals surface area contributed by atoms with Crippen LogP contribution in [0.15, 0.2) is 182 Å². The Bertz CT molecular complexity index is 3020. The van der Waals surface area contributed by atoms with Gasteiger partial charge in [-0.1, -0.05) is 152 Å². The third kappa shape index (κ3) is 4.11. The monoisotopic (exact) mass is 686 g/mol. The van der Waals surface area contributed by atoms with Crippen molar-refractivity contribution in [3.63, 3.8) is 0 Å². The van der Waals surface area contributed by atoms with Crippen molar-refractivity contribution in [2.45, 2.75) is 0 Å². The Balaban J connectivity index is 1.17. The highest BCUT2D eigenvalue weighted by Gasteiger charge is 2.25. The lowest BCUT2D eigenvalue weighted by Gasteiger charge is -2.24. The molecule has 0 fully saturated rings. The van der Waals surface area contributed by atoms with Crippen molar-refractivity contribution in [2.75, 3.05) is 0 Å². The summed E-state index contributed by atoms with van der Waals surface area (Å²) in [5.41, 5.74) is 11.9. The summed E-state index contributed by atoms with van der Waals surface area (Å²) >= 11 is 0. The van der Waals surface area contributed by atoms with E-state index < -0.39 is 0 Å². The third-order valence-electron chi connectivity index (χ3n) is 11.5. The molecule has 54 heavy (non-hydrogen) atoms. The van der Waals surface area contributed by atoms with Crippen molar-refractivity contribution in [1.29, 1.82) is 0 Å². The van der Waals surface area contributed by atoms with Gasteiger partial charge < -0.3 is 9.47 Å². The number of hydrogen-bond donors (Lipinski definition) is 0. The molecule has 2 heteroatoms. The largest absolute Gasteiger partial charge is 0.456 e. The Morgan fingerprint density at radius 3 is 1.17 bits per heavy atom. The zero-order valence-corrected chi connectivity index (χ0v) is 29.1. The maximum absolute atomic E-state index is 6.50. The van der Waals surface area contributed by atoms with Gasteiger partial charge in [-0.3, -0.25) is 0 Å². The molecule has 0 aromatic heterocycles. The molecule has 0 saturated heterocycles. The summed E-state index contributed by atoms with van der Waals surface area (Å²) in [6, 6.07) is 65.6. The molecule has 0 atom stereocenters. The van der Waals surface area contributed by atoms with Crippen LogP contribution in [0.1, 0.15) is 0 Å². The van der Waals surface area contributed by atoms with E-state index in [0.717, 1.165) is 44.9 Å². The van der Waals surface area contributed by atoms with Gasteiger partial charge in [0.1, 0.15) is 23.0 Å². The van der Waals surface area contributed by atoms with E-state index >= 15 is 0 Å². The van der Waals surface area contributed by atoms with Crippen molar-refractivity contribution >= 4 is 43.1 Å². The molecule has 0 spiro atoms. The van der Waals surface area contributed by atoms with Crippen molar-refractivity contribution < 1.29 is 9.47 Å². The molecule has 0 amide bonds. The number of benzene rings is 10. The highest BCUT2D eigenvalue weighted by Crippen LogP contribution is 2.52. The lowest BCUT2D eigenvalue weighted by molar-refractivity contribution is 0.487. The van der Waals surface area contributed by atoms with Crippen LogP contribution in [0.5, 0.6) is 23.0 Å². The summed E-state index contributed by atoms with van der Waals surface area (Å²) in [5, 5.41) is 9.57. The van der Waals surface area contributed by atoms with E-state index in [2.05, 4.69) is 170 Å². The van der Waals surface area contributed by atoms with E-state index in [9.17, 15) is 0 Å². The van der Waals surface area contributed by atoms with Crippen LogP contribution in [-0.4, -0.2) is 0 Å². The van der Waals surface area contributed by atoms with Gasteiger partial charge in [-0.15, -0.1) is 0 Å². The van der Waals surface area contributed by atoms with Crippen LogP contribution >= 0.6 is 0 Å². The molecule has 2 nitrogen and oxygen atoms in total. The van der Waals surface area contributed by atoms with Crippen molar-refractivity contribution in [3.05, 3.63) is 182 Å². The Labute approximate surface area is 312 Å². The van der Waals surface area contributed by atoms with Crippen LogP contribution < -0.4 is 9.47 Å². The van der Waals surface area contributed by atoms with Gasteiger partial charge in [-0.05, 0) is 107 Å². The molecule has 12 rings (SSSR count). The summed E-state index contributed by atoms with van der Waals surface area (Å²) in [6.45, 7) is 0. The van der Waals surface area contributed by atoms with Crippen molar-refractivity contribution in [2.24, 2.45) is 0 Å². The van der Waals surface area contributed by atoms with Crippen molar-refractivity contribution in [3.8, 4) is 78.6 Å². The van der Waals surface area contributed by atoms with E-state index in [1.54, 1.807) is 0 Å². The normalized spacial score (nSPS) is 12.4. The van der Waals surface area contributed by atoms with E-state index in [1.165, 1.54) is 76.8 Å². The van der Waals surface area contributed by atoms with Crippen LogP contribution in [-0.2, 0) is 0 Å². The second kappa shape index (κ2) is 11.2. The van der Waals surface area contributed by atoms with Crippen LogP contribution in [0, 0.1) is 0 Å². The van der Waals surface area contributed by atoms with Gasteiger partial charge in [0.25, 0.3) is 0 Å². The fourth-order valence-electron chi connectivity index (χ4n) is 9.18. The second-order valence-electron chi connectivity index (χ2n) is 14.3. The topological polar surface area (TPSA) is 18.5 Å². The van der Waals surface area contributed by atoms with Gasteiger partial charge in [-0.2, -0.15) is 0 Å². The zero-order valence-electron chi connectivity index (χ0n) is 29.1. The summed E-state index contributed by atoms with van der Waals surface area (Å²) in [6.07, 6.45) is 0. The summed E-state index contributed by atoms with van der Waals surface area (Å²) in [5.74, 6) is 3.60. The molecular weight excluding hydrogens is 657 g/mol. The molecule has 0 saturated carbocycles. The molecule has 0 aliphatic carbocycles. The van der Waals surface area contributed by atoms with Gasteiger partial charge >= 0.3 is 0 Å². The third-order valence-corrected chi connectivity index (χ3v) is 11.5. The minimum absolute atomic E-state index is 0.899. The molecule has 10 aromatic rings. The fraction of sp³-hybridized carbons (Fsp3) is 0. The van der Waals surface area contributed by atoms with E-state index in [1.807, 2.05) is 12.1 Å². The van der Waals surface area contributed by atoms with E-state index in [-0.39, 0.29) is 0 Å². The molecule has 2 heterocycles. The molecule has 250 valence electrons. The quantitative estimate of drug-likeness (QED) is 0.172. The van der Waals surface area contributed by atoms with Crippen LogP contribution in [0.2, 0.25) is 0 Å². The Hall–Kier alpha value is -7.16. The summed E-state index contributed by atoms with van der Waals surface area (Å²) < 4.78 is 13.0. The Morgan fingerprint density at radius 1 is 0.241 bits per heavy atom. The highest BCUT2D eigenvalue weighted by atomic mass is 16.5. The van der Waals surface area contributed by atoms with Crippen LogP contribution in [0.25, 0.3) is 98.7 Å².